The number of Topliss-reactive ketones (excluding diaryl/α,β-unsaturated/α-hetero) is 1. The number of H-pyrrole nitrogens is 1. The van der Waals surface area contributed by atoms with Gasteiger partial charge >= 0.3 is 5.97 Å². The minimum absolute atomic E-state index is 0.0669. The summed E-state index contributed by atoms with van der Waals surface area (Å²) in [6.07, 6.45) is 1.64. The van der Waals surface area contributed by atoms with Crippen molar-refractivity contribution in [3.8, 4) is 0 Å². The van der Waals surface area contributed by atoms with E-state index in [0.717, 1.165) is 16.5 Å². The van der Waals surface area contributed by atoms with Crippen molar-refractivity contribution in [2.45, 2.75) is 5.75 Å². The van der Waals surface area contributed by atoms with Gasteiger partial charge in [-0.25, -0.2) is 4.79 Å². The molecule has 0 amide bonds. The standard InChI is InChI=1S/C18H15NO4S/c20-17(15-9-19-16-4-2-1-3-14(15)16)11-24(23)10-12-5-7-13(8-6-12)18(21)22/h1-9,19H,10-11H2,(H,21,22). The number of carboxylic acid groups (broad SMARTS) is 1. The van der Waals surface area contributed by atoms with Gasteiger partial charge in [0.1, 0.15) is 0 Å². The molecule has 0 aliphatic heterocycles. The average molecular weight is 341 g/mol. The number of carbonyl (C=O) groups is 2. The van der Waals surface area contributed by atoms with Crippen molar-refractivity contribution >= 4 is 33.5 Å². The predicted molar refractivity (Wildman–Crippen MR) is 92.7 cm³/mol. The highest BCUT2D eigenvalue weighted by atomic mass is 32.2. The van der Waals surface area contributed by atoms with Crippen LogP contribution in [0.3, 0.4) is 0 Å². The van der Waals surface area contributed by atoms with Gasteiger partial charge in [0.2, 0.25) is 0 Å². The number of benzene rings is 2. The van der Waals surface area contributed by atoms with Crippen LogP contribution in [0.2, 0.25) is 0 Å². The third-order valence-electron chi connectivity index (χ3n) is 3.71. The van der Waals surface area contributed by atoms with Crippen LogP contribution >= 0.6 is 0 Å². The zero-order valence-corrected chi connectivity index (χ0v) is 13.5. The molecule has 1 aromatic heterocycles. The Labute approximate surface area is 140 Å². The van der Waals surface area contributed by atoms with E-state index in [2.05, 4.69) is 4.98 Å². The highest BCUT2D eigenvalue weighted by Gasteiger charge is 2.15. The Kier molecular flexibility index (Phi) is 4.57. The lowest BCUT2D eigenvalue weighted by atomic mass is 10.1. The SMILES string of the molecule is O=C(O)c1ccc(CS(=O)CC(=O)c2c[nH]c3ccccc23)cc1. The van der Waals surface area contributed by atoms with E-state index >= 15 is 0 Å². The Morgan fingerprint density at radius 2 is 1.75 bits per heavy atom. The van der Waals surface area contributed by atoms with Crippen LogP contribution in [0.15, 0.2) is 54.7 Å². The van der Waals surface area contributed by atoms with Crippen LogP contribution in [0, 0.1) is 0 Å². The van der Waals surface area contributed by atoms with Gasteiger partial charge in [-0.15, -0.1) is 0 Å². The molecule has 3 rings (SSSR count). The lowest BCUT2D eigenvalue weighted by Crippen LogP contribution is -2.12. The maximum atomic E-state index is 12.4. The van der Waals surface area contributed by atoms with Gasteiger partial charge in [-0.2, -0.15) is 0 Å². The van der Waals surface area contributed by atoms with Gasteiger partial charge in [0.25, 0.3) is 0 Å². The number of aromatic carboxylic acids is 1. The Morgan fingerprint density at radius 3 is 2.46 bits per heavy atom. The van der Waals surface area contributed by atoms with Crippen LogP contribution in [-0.2, 0) is 16.6 Å². The molecule has 0 radical (unpaired) electrons. The van der Waals surface area contributed by atoms with Crippen molar-refractivity contribution in [2.24, 2.45) is 0 Å². The number of para-hydroxylation sites is 1. The molecule has 0 aliphatic carbocycles. The molecule has 0 aliphatic rings. The average Bonchev–Trinajstić information content (AvgIpc) is 2.99. The summed E-state index contributed by atoms with van der Waals surface area (Å²) in [6.45, 7) is 0. The maximum absolute atomic E-state index is 12.4. The summed E-state index contributed by atoms with van der Waals surface area (Å²) >= 11 is 0. The van der Waals surface area contributed by atoms with Crippen molar-refractivity contribution in [3.05, 3.63) is 71.4 Å². The molecular weight excluding hydrogens is 326 g/mol. The molecular formula is C18H15NO4S. The van der Waals surface area contributed by atoms with E-state index in [1.807, 2.05) is 24.3 Å². The smallest absolute Gasteiger partial charge is 0.335 e. The Balaban J connectivity index is 1.68. The van der Waals surface area contributed by atoms with Crippen LogP contribution in [0.5, 0.6) is 0 Å². The number of rotatable bonds is 6. The van der Waals surface area contributed by atoms with Crippen molar-refractivity contribution in [1.82, 2.24) is 4.98 Å². The van der Waals surface area contributed by atoms with Gasteiger partial charge in [0, 0.05) is 39.2 Å². The fraction of sp³-hybridized carbons (Fsp3) is 0.111. The van der Waals surface area contributed by atoms with Gasteiger partial charge < -0.3 is 10.1 Å². The summed E-state index contributed by atoms with van der Waals surface area (Å²) in [5.41, 5.74) is 2.33. The van der Waals surface area contributed by atoms with E-state index in [4.69, 9.17) is 5.11 Å². The van der Waals surface area contributed by atoms with Gasteiger partial charge in [-0.05, 0) is 23.8 Å². The lowest BCUT2D eigenvalue weighted by Gasteiger charge is -2.03. The Morgan fingerprint density at radius 1 is 1.04 bits per heavy atom. The molecule has 122 valence electrons. The minimum atomic E-state index is -1.36. The Hall–Kier alpha value is -2.73. The highest BCUT2D eigenvalue weighted by molar-refractivity contribution is 7.85. The Bertz CT molecular complexity index is 928. The van der Waals surface area contributed by atoms with Crippen LogP contribution in [-0.4, -0.2) is 31.8 Å². The molecule has 1 atom stereocenters. The third kappa shape index (κ3) is 3.44. The van der Waals surface area contributed by atoms with Crippen LogP contribution in [0.4, 0.5) is 0 Å². The molecule has 6 heteroatoms. The number of hydrogen-bond acceptors (Lipinski definition) is 3. The van der Waals surface area contributed by atoms with E-state index < -0.39 is 16.8 Å². The number of carboxylic acids is 1. The second-order valence-electron chi connectivity index (χ2n) is 5.40. The molecule has 2 aromatic carbocycles. The first-order valence-electron chi connectivity index (χ1n) is 7.31. The normalized spacial score (nSPS) is 12.2. The van der Waals surface area contributed by atoms with Crippen molar-refractivity contribution < 1.29 is 18.9 Å². The van der Waals surface area contributed by atoms with E-state index in [1.54, 1.807) is 18.3 Å². The fourth-order valence-corrected chi connectivity index (χ4v) is 3.62. The van der Waals surface area contributed by atoms with Gasteiger partial charge in [-0.3, -0.25) is 9.00 Å². The molecule has 24 heavy (non-hydrogen) atoms. The third-order valence-corrected chi connectivity index (χ3v) is 4.95. The maximum Gasteiger partial charge on any atom is 0.335 e. The van der Waals surface area contributed by atoms with E-state index in [0.29, 0.717) is 5.56 Å². The summed E-state index contributed by atoms with van der Waals surface area (Å²) in [6, 6.07) is 13.7. The topological polar surface area (TPSA) is 87.2 Å². The van der Waals surface area contributed by atoms with Crippen LogP contribution in [0.1, 0.15) is 26.3 Å². The lowest BCUT2D eigenvalue weighted by molar-refractivity contribution is 0.0696. The number of ketones is 1. The number of hydrogen-bond donors (Lipinski definition) is 2. The van der Waals surface area contributed by atoms with Gasteiger partial charge in [-0.1, -0.05) is 30.3 Å². The molecule has 2 N–H and O–H groups in total. The number of nitrogens with one attached hydrogen (secondary N) is 1. The van der Waals surface area contributed by atoms with Crippen LogP contribution in [0.25, 0.3) is 10.9 Å². The zero-order valence-electron chi connectivity index (χ0n) is 12.7. The summed E-state index contributed by atoms with van der Waals surface area (Å²) in [5.74, 6) is -1.03. The summed E-state index contributed by atoms with van der Waals surface area (Å²) in [5, 5.41) is 9.69. The number of aromatic nitrogens is 1. The first-order valence-corrected chi connectivity index (χ1v) is 8.80. The summed E-state index contributed by atoms with van der Waals surface area (Å²) in [7, 11) is -1.36. The molecule has 0 saturated carbocycles. The number of carbonyl (C=O) groups excluding carboxylic acids is 1. The van der Waals surface area contributed by atoms with Gasteiger partial charge in [0.05, 0.1) is 11.3 Å². The monoisotopic (exact) mass is 341 g/mol. The molecule has 1 unspecified atom stereocenters. The molecule has 0 spiro atoms. The van der Waals surface area contributed by atoms with E-state index in [9.17, 15) is 13.8 Å². The summed E-state index contributed by atoms with van der Waals surface area (Å²) < 4.78 is 12.2. The minimum Gasteiger partial charge on any atom is -0.478 e. The van der Waals surface area contributed by atoms with Crippen molar-refractivity contribution in [2.75, 3.05) is 5.75 Å². The predicted octanol–water partition coefficient (Wildman–Crippen LogP) is 3.00. The molecule has 0 fully saturated rings. The molecule has 5 nitrogen and oxygen atoms in total. The fourth-order valence-electron chi connectivity index (χ4n) is 2.51. The van der Waals surface area contributed by atoms with Crippen molar-refractivity contribution in [1.29, 1.82) is 0 Å². The first-order chi connectivity index (χ1) is 11.5. The van der Waals surface area contributed by atoms with E-state index in [-0.39, 0.29) is 22.9 Å². The molecule has 0 bridgehead atoms. The quantitative estimate of drug-likeness (QED) is 0.675. The summed E-state index contributed by atoms with van der Waals surface area (Å²) in [4.78, 5) is 26.2. The van der Waals surface area contributed by atoms with Crippen LogP contribution < -0.4 is 0 Å². The molecule has 3 aromatic rings. The largest absolute Gasteiger partial charge is 0.478 e. The van der Waals surface area contributed by atoms with Gasteiger partial charge in [0.15, 0.2) is 5.78 Å². The second-order valence-corrected chi connectivity index (χ2v) is 6.86. The second kappa shape index (κ2) is 6.80. The van der Waals surface area contributed by atoms with E-state index in [1.165, 1.54) is 12.1 Å². The zero-order chi connectivity index (χ0) is 17.1. The number of aromatic amines is 1. The molecule has 0 saturated heterocycles. The highest BCUT2D eigenvalue weighted by Crippen LogP contribution is 2.18. The molecule has 1 heterocycles. The number of fused-ring (bicyclic) bond motifs is 1. The first kappa shape index (κ1) is 16.1. The van der Waals surface area contributed by atoms with Crippen molar-refractivity contribution in [3.63, 3.8) is 0 Å².